The zero-order valence-electron chi connectivity index (χ0n) is 6.44. The summed E-state index contributed by atoms with van der Waals surface area (Å²) in [5.41, 5.74) is 0. The van der Waals surface area contributed by atoms with Crippen LogP contribution < -0.4 is 6.15 Å². The molecule has 56 valence electrons. The fourth-order valence-corrected chi connectivity index (χ4v) is 3.02. The molecule has 3 N–H and O–H groups in total. The average Bonchev–Trinajstić information content (AvgIpc) is 1.65. The van der Waals surface area contributed by atoms with Gasteiger partial charge in [0, 0.05) is 6.61 Å². The van der Waals surface area contributed by atoms with Crippen LogP contribution in [0.15, 0.2) is 0 Å². The molecule has 1 fully saturated rings. The van der Waals surface area contributed by atoms with Gasteiger partial charge < -0.3 is 10.6 Å². The first-order chi connectivity index (χ1) is 3.71. The molecular formula is C6H17NOSi. The van der Waals surface area contributed by atoms with Crippen LogP contribution >= 0.6 is 0 Å². The molecule has 0 aromatic carbocycles. The number of rotatable bonds is 0. The Morgan fingerprint density at radius 1 is 1.22 bits per heavy atom. The summed E-state index contributed by atoms with van der Waals surface area (Å²) in [5.74, 6) is 0. The van der Waals surface area contributed by atoms with Crippen LogP contribution in [0.25, 0.3) is 0 Å². The molecular weight excluding hydrogens is 130 g/mol. The first-order valence-electron chi connectivity index (χ1n) is 3.35. The van der Waals surface area contributed by atoms with Crippen molar-refractivity contribution in [2.24, 2.45) is 0 Å². The summed E-state index contributed by atoms with van der Waals surface area (Å²) < 4.78 is 5.60. The van der Waals surface area contributed by atoms with Gasteiger partial charge in [0.1, 0.15) is 0 Å². The molecule has 1 heterocycles. The van der Waals surface area contributed by atoms with Crippen molar-refractivity contribution in [3.05, 3.63) is 0 Å². The minimum absolute atomic E-state index is 0. The molecule has 1 rings (SSSR count). The van der Waals surface area contributed by atoms with E-state index < -0.39 is 8.32 Å². The van der Waals surface area contributed by atoms with Crippen molar-refractivity contribution in [1.29, 1.82) is 0 Å². The van der Waals surface area contributed by atoms with Crippen LogP contribution in [0.1, 0.15) is 12.8 Å². The van der Waals surface area contributed by atoms with Crippen LogP contribution in [0.4, 0.5) is 0 Å². The van der Waals surface area contributed by atoms with Crippen molar-refractivity contribution in [2.75, 3.05) is 6.61 Å². The van der Waals surface area contributed by atoms with Gasteiger partial charge in [0.2, 0.25) is 0 Å². The standard InChI is InChI=1S/C6H14OSi.H3N/c1-8(2)6-4-3-5-7-8;/h3-6H2,1-2H3;1H3. The van der Waals surface area contributed by atoms with E-state index in [1.807, 2.05) is 0 Å². The third kappa shape index (κ3) is 2.98. The molecule has 9 heavy (non-hydrogen) atoms. The lowest BCUT2D eigenvalue weighted by atomic mass is 10.4. The molecule has 0 aromatic heterocycles. The molecule has 0 spiro atoms. The second kappa shape index (κ2) is 3.34. The largest absolute Gasteiger partial charge is 0.417 e. The van der Waals surface area contributed by atoms with Crippen LogP contribution in [0.5, 0.6) is 0 Å². The molecule has 3 heteroatoms. The van der Waals surface area contributed by atoms with Gasteiger partial charge in [0.15, 0.2) is 8.32 Å². The van der Waals surface area contributed by atoms with Crippen molar-refractivity contribution in [3.63, 3.8) is 0 Å². The van der Waals surface area contributed by atoms with Gasteiger partial charge in [-0.2, -0.15) is 0 Å². The summed E-state index contributed by atoms with van der Waals surface area (Å²) in [7, 11) is -1.09. The Morgan fingerprint density at radius 3 is 2.11 bits per heavy atom. The highest BCUT2D eigenvalue weighted by atomic mass is 28.4. The average molecular weight is 147 g/mol. The van der Waals surface area contributed by atoms with Crippen molar-refractivity contribution in [2.45, 2.75) is 32.0 Å². The minimum atomic E-state index is -1.09. The smallest absolute Gasteiger partial charge is 0.186 e. The molecule has 0 unspecified atom stereocenters. The van der Waals surface area contributed by atoms with Gasteiger partial charge in [-0.25, -0.2) is 0 Å². The van der Waals surface area contributed by atoms with Crippen LogP contribution in [0.2, 0.25) is 19.1 Å². The quantitative estimate of drug-likeness (QED) is 0.534. The number of hydrogen-bond donors (Lipinski definition) is 1. The molecule has 0 aromatic rings. The van der Waals surface area contributed by atoms with E-state index in [1.54, 1.807) is 0 Å². The maximum Gasteiger partial charge on any atom is 0.186 e. The van der Waals surface area contributed by atoms with Gasteiger partial charge in [0.05, 0.1) is 0 Å². The summed E-state index contributed by atoms with van der Waals surface area (Å²) in [4.78, 5) is 0. The Morgan fingerprint density at radius 2 is 1.89 bits per heavy atom. The Hall–Kier alpha value is 0.137. The third-order valence-corrected chi connectivity index (χ3v) is 4.21. The van der Waals surface area contributed by atoms with Gasteiger partial charge in [-0.3, -0.25) is 0 Å². The van der Waals surface area contributed by atoms with Crippen LogP contribution in [0.3, 0.4) is 0 Å². The van der Waals surface area contributed by atoms with E-state index in [2.05, 4.69) is 13.1 Å². The molecule has 0 saturated carbocycles. The third-order valence-electron chi connectivity index (χ3n) is 1.67. The van der Waals surface area contributed by atoms with Crippen LogP contribution in [0, 0.1) is 0 Å². The fraction of sp³-hybridized carbons (Fsp3) is 1.00. The zero-order valence-corrected chi connectivity index (χ0v) is 7.44. The summed E-state index contributed by atoms with van der Waals surface area (Å²) in [6, 6.07) is 1.37. The highest BCUT2D eigenvalue weighted by molar-refractivity contribution is 6.71. The van der Waals surface area contributed by atoms with E-state index >= 15 is 0 Å². The summed E-state index contributed by atoms with van der Waals surface area (Å²) in [6.07, 6.45) is 2.69. The van der Waals surface area contributed by atoms with Gasteiger partial charge >= 0.3 is 0 Å². The SMILES string of the molecule is C[Si]1(C)CCCCO1.N. The Bertz CT molecular complexity index is 77.1. The first-order valence-corrected chi connectivity index (χ1v) is 6.46. The predicted molar refractivity (Wildman–Crippen MR) is 42.5 cm³/mol. The Labute approximate surface area is 58.3 Å². The Kier molecular flexibility index (Phi) is 3.39. The number of hydrogen-bond acceptors (Lipinski definition) is 2. The van der Waals surface area contributed by atoms with Crippen molar-refractivity contribution < 1.29 is 4.43 Å². The molecule has 0 radical (unpaired) electrons. The van der Waals surface area contributed by atoms with E-state index in [1.165, 1.54) is 18.9 Å². The maximum absolute atomic E-state index is 5.60. The van der Waals surface area contributed by atoms with Crippen molar-refractivity contribution >= 4 is 8.32 Å². The van der Waals surface area contributed by atoms with Crippen LogP contribution in [-0.2, 0) is 4.43 Å². The van der Waals surface area contributed by atoms with Crippen molar-refractivity contribution in [1.82, 2.24) is 6.15 Å². The molecule has 0 amide bonds. The van der Waals surface area contributed by atoms with Crippen molar-refractivity contribution in [3.8, 4) is 0 Å². The molecule has 0 atom stereocenters. The fourth-order valence-electron chi connectivity index (χ4n) is 1.07. The minimum Gasteiger partial charge on any atom is -0.417 e. The lowest BCUT2D eigenvalue weighted by Gasteiger charge is -2.27. The van der Waals surface area contributed by atoms with E-state index in [0.29, 0.717) is 0 Å². The lowest BCUT2D eigenvalue weighted by molar-refractivity contribution is 0.275. The molecule has 2 nitrogen and oxygen atoms in total. The zero-order chi connectivity index (χ0) is 6.04. The highest BCUT2D eigenvalue weighted by Crippen LogP contribution is 2.20. The second-order valence-electron chi connectivity index (χ2n) is 3.07. The predicted octanol–water partition coefficient (Wildman–Crippen LogP) is 2.16. The Balaban J connectivity index is 0.000000640. The van der Waals surface area contributed by atoms with Gasteiger partial charge in [0.25, 0.3) is 0 Å². The molecule has 0 aliphatic carbocycles. The van der Waals surface area contributed by atoms with Crippen LogP contribution in [-0.4, -0.2) is 14.9 Å². The molecule has 1 aliphatic heterocycles. The molecule has 0 bridgehead atoms. The topological polar surface area (TPSA) is 44.2 Å². The van der Waals surface area contributed by atoms with E-state index in [4.69, 9.17) is 4.43 Å². The van der Waals surface area contributed by atoms with E-state index in [-0.39, 0.29) is 6.15 Å². The summed E-state index contributed by atoms with van der Waals surface area (Å²) in [6.45, 7) is 5.62. The van der Waals surface area contributed by atoms with Gasteiger partial charge in [-0.15, -0.1) is 0 Å². The first kappa shape index (κ1) is 9.14. The highest BCUT2D eigenvalue weighted by Gasteiger charge is 2.24. The molecule has 1 aliphatic rings. The van der Waals surface area contributed by atoms with E-state index in [9.17, 15) is 0 Å². The second-order valence-corrected chi connectivity index (χ2v) is 7.37. The lowest BCUT2D eigenvalue weighted by Crippen LogP contribution is -2.33. The summed E-state index contributed by atoms with van der Waals surface area (Å²) in [5, 5.41) is 0. The normalized spacial score (nSPS) is 24.7. The van der Waals surface area contributed by atoms with E-state index in [0.717, 1.165) is 6.61 Å². The van der Waals surface area contributed by atoms with Gasteiger partial charge in [-0.1, -0.05) is 6.42 Å². The summed E-state index contributed by atoms with van der Waals surface area (Å²) >= 11 is 0. The van der Waals surface area contributed by atoms with Gasteiger partial charge in [-0.05, 0) is 25.6 Å². The molecule has 1 saturated heterocycles. The monoisotopic (exact) mass is 147 g/mol. The maximum atomic E-state index is 5.60.